The molecule has 1 aliphatic rings. The molecule has 16 heavy (non-hydrogen) atoms. The smallest absolute Gasteiger partial charge is 0.211 e. The second-order valence-electron chi connectivity index (χ2n) is 6.45. The highest BCUT2D eigenvalue weighted by Gasteiger charge is 2.39. The maximum absolute atomic E-state index is 11.4. The van der Waals surface area contributed by atoms with Gasteiger partial charge in [0.15, 0.2) is 0 Å². The summed E-state index contributed by atoms with van der Waals surface area (Å²) in [6, 6.07) is 0.0162. The van der Waals surface area contributed by atoms with Gasteiger partial charge in [-0.25, -0.2) is 13.1 Å². The van der Waals surface area contributed by atoms with Gasteiger partial charge in [-0.2, -0.15) is 0 Å². The topological polar surface area (TPSA) is 46.2 Å². The van der Waals surface area contributed by atoms with Crippen molar-refractivity contribution in [2.24, 2.45) is 10.8 Å². The predicted octanol–water partition coefficient (Wildman–Crippen LogP) is 2.71. The van der Waals surface area contributed by atoms with E-state index in [4.69, 9.17) is 11.6 Å². The van der Waals surface area contributed by atoms with Crippen LogP contribution in [0.25, 0.3) is 0 Å². The van der Waals surface area contributed by atoms with Crippen LogP contribution in [0, 0.1) is 10.8 Å². The van der Waals surface area contributed by atoms with E-state index in [1.165, 1.54) is 0 Å². The molecule has 0 aromatic heterocycles. The van der Waals surface area contributed by atoms with Crippen LogP contribution in [0.5, 0.6) is 0 Å². The van der Waals surface area contributed by atoms with Gasteiger partial charge < -0.3 is 0 Å². The average Bonchev–Trinajstić information content (AvgIpc) is 1.96. The average molecular weight is 268 g/mol. The number of hydrogen-bond donors (Lipinski definition) is 1. The third-order valence-corrected chi connectivity index (χ3v) is 4.89. The summed E-state index contributed by atoms with van der Waals surface area (Å²) in [7, 11) is -3.30. The van der Waals surface area contributed by atoms with Crippen molar-refractivity contribution < 1.29 is 8.42 Å². The lowest BCUT2D eigenvalue weighted by atomic mass is 9.64. The fourth-order valence-electron chi connectivity index (χ4n) is 3.21. The summed E-state index contributed by atoms with van der Waals surface area (Å²) >= 11 is 5.40. The molecule has 1 fully saturated rings. The molecule has 0 spiro atoms. The molecular formula is C11H22ClNO2S. The Hall–Kier alpha value is 0.200. The maximum Gasteiger partial charge on any atom is 0.225 e. The van der Waals surface area contributed by atoms with Crippen LogP contribution in [0.3, 0.4) is 0 Å². The molecule has 5 heteroatoms. The van der Waals surface area contributed by atoms with Crippen molar-refractivity contribution in [2.75, 3.05) is 5.21 Å². The van der Waals surface area contributed by atoms with Crippen LogP contribution < -0.4 is 4.72 Å². The second-order valence-corrected chi connectivity index (χ2v) is 8.79. The highest BCUT2D eigenvalue weighted by atomic mass is 35.5. The van der Waals surface area contributed by atoms with Gasteiger partial charge in [0, 0.05) is 6.04 Å². The summed E-state index contributed by atoms with van der Waals surface area (Å²) < 4.78 is 25.6. The van der Waals surface area contributed by atoms with Gasteiger partial charge in [0.25, 0.3) is 0 Å². The minimum absolute atomic E-state index is 0.0162. The van der Waals surface area contributed by atoms with Gasteiger partial charge in [0.2, 0.25) is 10.0 Å². The minimum atomic E-state index is -3.30. The quantitative estimate of drug-likeness (QED) is 0.799. The Labute approximate surface area is 104 Å². The van der Waals surface area contributed by atoms with E-state index in [1.54, 1.807) is 0 Å². The first-order valence-electron chi connectivity index (χ1n) is 5.61. The number of rotatable bonds is 3. The molecule has 1 aliphatic carbocycles. The third kappa shape index (κ3) is 4.22. The van der Waals surface area contributed by atoms with Crippen molar-refractivity contribution in [2.45, 2.75) is 53.0 Å². The highest BCUT2D eigenvalue weighted by molar-refractivity contribution is 7.90. The summed E-state index contributed by atoms with van der Waals surface area (Å²) in [5.41, 5.74) is 0.364. The van der Waals surface area contributed by atoms with Gasteiger partial charge >= 0.3 is 0 Å². The molecule has 1 rings (SSSR count). The molecule has 0 aromatic carbocycles. The van der Waals surface area contributed by atoms with E-state index < -0.39 is 10.0 Å². The van der Waals surface area contributed by atoms with Gasteiger partial charge in [-0.05, 0) is 30.1 Å². The van der Waals surface area contributed by atoms with Crippen molar-refractivity contribution >= 4 is 21.6 Å². The molecule has 0 bridgehead atoms. The number of nitrogens with one attached hydrogen (secondary N) is 1. The van der Waals surface area contributed by atoms with E-state index in [-0.39, 0.29) is 22.1 Å². The first-order valence-corrected chi connectivity index (χ1v) is 7.80. The monoisotopic (exact) mass is 267 g/mol. The van der Waals surface area contributed by atoms with E-state index >= 15 is 0 Å². The molecule has 0 atom stereocenters. The Morgan fingerprint density at radius 3 is 2.00 bits per heavy atom. The van der Waals surface area contributed by atoms with Gasteiger partial charge in [0.1, 0.15) is 5.21 Å². The Morgan fingerprint density at radius 2 is 1.62 bits per heavy atom. The number of halogens is 1. The third-order valence-electron chi connectivity index (χ3n) is 3.04. The van der Waals surface area contributed by atoms with Gasteiger partial charge in [-0.15, -0.1) is 11.6 Å². The largest absolute Gasteiger partial charge is 0.225 e. The van der Waals surface area contributed by atoms with Crippen LogP contribution in [0.4, 0.5) is 0 Å². The molecule has 1 saturated carbocycles. The molecule has 0 amide bonds. The van der Waals surface area contributed by atoms with E-state index in [0.717, 1.165) is 19.3 Å². The van der Waals surface area contributed by atoms with Crippen LogP contribution in [0.15, 0.2) is 0 Å². The predicted molar refractivity (Wildman–Crippen MR) is 68.0 cm³/mol. The summed E-state index contributed by atoms with van der Waals surface area (Å²) in [4.78, 5) is 0. The lowest BCUT2D eigenvalue weighted by Crippen LogP contribution is -2.46. The molecule has 0 heterocycles. The van der Waals surface area contributed by atoms with Crippen molar-refractivity contribution in [3.05, 3.63) is 0 Å². The zero-order valence-corrected chi connectivity index (χ0v) is 12.1. The van der Waals surface area contributed by atoms with Crippen LogP contribution >= 0.6 is 11.6 Å². The molecule has 0 aromatic rings. The molecule has 0 unspecified atom stereocenters. The zero-order chi connectivity index (χ0) is 12.6. The Balaban J connectivity index is 2.76. The maximum atomic E-state index is 11.4. The standard InChI is InChI=1S/C11H22ClNO2S/c1-10(2)5-9(6-11(3,4)7-10)13-16(14,15)8-12/h9,13H,5-8H2,1-4H3. The lowest BCUT2D eigenvalue weighted by Gasteiger charge is -2.44. The molecule has 0 radical (unpaired) electrons. The van der Waals surface area contributed by atoms with Crippen molar-refractivity contribution in [1.29, 1.82) is 0 Å². The normalized spacial score (nSPS) is 25.6. The van der Waals surface area contributed by atoms with Crippen LogP contribution in [0.1, 0.15) is 47.0 Å². The molecule has 0 aliphatic heterocycles. The molecule has 0 saturated heterocycles. The highest BCUT2D eigenvalue weighted by Crippen LogP contribution is 2.45. The van der Waals surface area contributed by atoms with Crippen molar-refractivity contribution in [3.8, 4) is 0 Å². The Kier molecular flexibility index (Phi) is 3.98. The molecule has 96 valence electrons. The minimum Gasteiger partial charge on any atom is -0.211 e. The number of alkyl halides is 1. The summed E-state index contributed by atoms with van der Waals surface area (Å²) in [5.74, 6) is 0. The van der Waals surface area contributed by atoms with E-state index in [0.29, 0.717) is 0 Å². The summed E-state index contributed by atoms with van der Waals surface area (Å²) in [6.07, 6.45) is 2.89. The van der Waals surface area contributed by atoms with Crippen LogP contribution in [0.2, 0.25) is 0 Å². The van der Waals surface area contributed by atoms with E-state index in [2.05, 4.69) is 32.4 Å². The fourth-order valence-corrected chi connectivity index (χ4v) is 4.14. The van der Waals surface area contributed by atoms with Gasteiger partial charge in [0.05, 0.1) is 0 Å². The second kappa shape index (κ2) is 4.46. The summed E-state index contributed by atoms with van der Waals surface area (Å²) in [6.45, 7) is 8.76. The van der Waals surface area contributed by atoms with Gasteiger partial charge in [-0.3, -0.25) is 0 Å². The molecule has 1 N–H and O–H groups in total. The molecule has 3 nitrogen and oxygen atoms in total. The van der Waals surface area contributed by atoms with Crippen LogP contribution in [-0.2, 0) is 10.0 Å². The van der Waals surface area contributed by atoms with Crippen molar-refractivity contribution in [1.82, 2.24) is 4.72 Å². The Bertz CT molecular complexity index is 333. The first kappa shape index (κ1) is 14.3. The van der Waals surface area contributed by atoms with E-state index in [9.17, 15) is 8.42 Å². The lowest BCUT2D eigenvalue weighted by molar-refractivity contribution is 0.0935. The number of sulfonamides is 1. The Morgan fingerprint density at radius 1 is 1.19 bits per heavy atom. The first-order chi connectivity index (χ1) is 7.05. The SMILES string of the molecule is CC1(C)CC(NS(=O)(=O)CCl)CC(C)(C)C1. The molecular weight excluding hydrogens is 246 g/mol. The zero-order valence-electron chi connectivity index (χ0n) is 10.5. The number of hydrogen-bond acceptors (Lipinski definition) is 2. The van der Waals surface area contributed by atoms with E-state index in [1.807, 2.05) is 0 Å². The van der Waals surface area contributed by atoms with Crippen molar-refractivity contribution in [3.63, 3.8) is 0 Å². The fraction of sp³-hybridized carbons (Fsp3) is 1.00. The van der Waals surface area contributed by atoms with Crippen LogP contribution in [-0.4, -0.2) is 19.7 Å². The van der Waals surface area contributed by atoms with Gasteiger partial charge in [-0.1, -0.05) is 27.7 Å². The summed E-state index contributed by atoms with van der Waals surface area (Å²) in [5, 5.41) is -0.357.